The van der Waals surface area contributed by atoms with Crippen molar-refractivity contribution in [3.8, 4) is 5.75 Å². The van der Waals surface area contributed by atoms with Gasteiger partial charge < -0.3 is 20.6 Å². The molecule has 6 heteroatoms. The third-order valence-electron chi connectivity index (χ3n) is 2.98. The first-order valence-corrected chi connectivity index (χ1v) is 6.42. The predicted molar refractivity (Wildman–Crippen MR) is 78.2 cm³/mol. The topological polar surface area (TPSA) is 97.2 Å². The highest BCUT2D eigenvalue weighted by molar-refractivity contribution is 5.53. The highest BCUT2D eigenvalue weighted by atomic mass is 16.4. The number of anilines is 2. The molecular weight excluding hydrogens is 268 g/mol. The molecule has 4 N–H and O–H groups in total. The van der Waals surface area contributed by atoms with Crippen LogP contribution in [0.4, 0.5) is 11.7 Å². The van der Waals surface area contributed by atoms with Crippen LogP contribution in [0, 0.1) is 0 Å². The molecule has 6 nitrogen and oxygen atoms in total. The summed E-state index contributed by atoms with van der Waals surface area (Å²) >= 11 is 0. The van der Waals surface area contributed by atoms with E-state index >= 15 is 0 Å². The van der Waals surface area contributed by atoms with Crippen LogP contribution in [0.2, 0.25) is 0 Å². The second-order valence-electron chi connectivity index (χ2n) is 4.51. The first-order valence-electron chi connectivity index (χ1n) is 6.42. The van der Waals surface area contributed by atoms with Crippen LogP contribution in [0.5, 0.6) is 5.75 Å². The number of nitrogens with two attached hydrogens (primary N) is 1. The summed E-state index contributed by atoms with van der Waals surface area (Å²) < 4.78 is 5.51. The third-order valence-corrected chi connectivity index (χ3v) is 2.98. The Balaban J connectivity index is 1.75. The number of aromatic hydroxyl groups is 1. The van der Waals surface area contributed by atoms with E-state index in [1.54, 1.807) is 24.3 Å². The lowest BCUT2D eigenvalue weighted by Crippen LogP contribution is -2.11. The van der Waals surface area contributed by atoms with Crippen LogP contribution < -0.4 is 11.1 Å². The Morgan fingerprint density at radius 3 is 2.43 bits per heavy atom. The van der Waals surface area contributed by atoms with E-state index in [9.17, 15) is 5.11 Å². The Kier molecular flexibility index (Phi) is 3.53. The maximum absolute atomic E-state index is 9.23. The number of phenolic OH excluding ortho intramolecular Hbond substituents is 1. The number of nitrogens with zero attached hydrogens (tertiary/aromatic N) is 2. The Hall–Kier alpha value is -2.86. The highest BCUT2D eigenvalue weighted by Crippen LogP contribution is 2.22. The quantitative estimate of drug-likeness (QED) is 0.636. The summed E-state index contributed by atoms with van der Waals surface area (Å²) in [6.45, 7) is 0. The summed E-state index contributed by atoms with van der Waals surface area (Å²) in [4.78, 5) is 0. The summed E-state index contributed by atoms with van der Waals surface area (Å²) in [6, 6.07) is 15.9. The van der Waals surface area contributed by atoms with Crippen LogP contribution >= 0.6 is 0 Å². The van der Waals surface area contributed by atoms with Crippen LogP contribution in [-0.4, -0.2) is 15.3 Å². The molecule has 3 rings (SSSR count). The van der Waals surface area contributed by atoms with E-state index in [0.29, 0.717) is 5.89 Å². The predicted octanol–water partition coefficient (Wildman–Crippen LogP) is 2.57. The summed E-state index contributed by atoms with van der Waals surface area (Å²) in [5.41, 5.74) is 7.72. The molecule has 0 saturated carbocycles. The maximum Gasteiger partial charge on any atom is 0.320 e. The molecule has 3 aromatic rings. The fourth-order valence-corrected chi connectivity index (χ4v) is 1.88. The van der Waals surface area contributed by atoms with Gasteiger partial charge in [0.15, 0.2) is 0 Å². The van der Waals surface area contributed by atoms with Gasteiger partial charge in [-0.15, -0.1) is 5.10 Å². The Labute approximate surface area is 121 Å². The largest absolute Gasteiger partial charge is 0.508 e. The molecule has 0 aliphatic rings. The van der Waals surface area contributed by atoms with Crippen molar-refractivity contribution in [2.45, 2.75) is 6.04 Å². The zero-order chi connectivity index (χ0) is 14.7. The molecule has 0 saturated heterocycles. The number of hydrogen-bond donors (Lipinski definition) is 3. The molecule has 2 aromatic carbocycles. The minimum atomic E-state index is -0.464. The second-order valence-corrected chi connectivity index (χ2v) is 4.51. The molecule has 0 bridgehead atoms. The van der Waals surface area contributed by atoms with Gasteiger partial charge in [0.05, 0.1) is 0 Å². The van der Waals surface area contributed by atoms with Gasteiger partial charge in [0.2, 0.25) is 5.89 Å². The number of nitrogens with one attached hydrogen (secondary N) is 1. The average molecular weight is 282 g/mol. The molecular formula is C15H14N4O2. The molecule has 0 amide bonds. The molecule has 0 radical (unpaired) electrons. The Morgan fingerprint density at radius 2 is 1.71 bits per heavy atom. The maximum atomic E-state index is 9.23. The van der Waals surface area contributed by atoms with Gasteiger partial charge in [0.25, 0.3) is 0 Å². The first kappa shape index (κ1) is 13.1. The van der Waals surface area contributed by atoms with Gasteiger partial charge >= 0.3 is 6.01 Å². The fraction of sp³-hybridized carbons (Fsp3) is 0.0667. The van der Waals surface area contributed by atoms with Gasteiger partial charge in [0, 0.05) is 5.69 Å². The molecule has 1 unspecified atom stereocenters. The summed E-state index contributed by atoms with van der Waals surface area (Å²) in [7, 11) is 0. The van der Waals surface area contributed by atoms with Crippen LogP contribution in [-0.2, 0) is 0 Å². The minimum Gasteiger partial charge on any atom is -0.508 e. The second kappa shape index (κ2) is 5.64. The van der Waals surface area contributed by atoms with Crippen LogP contribution in [0.15, 0.2) is 59.0 Å². The zero-order valence-corrected chi connectivity index (χ0v) is 11.1. The normalized spacial score (nSPS) is 12.0. The zero-order valence-electron chi connectivity index (χ0n) is 11.1. The van der Waals surface area contributed by atoms with Gasteiger partial charge in [-0.3, -0.25) is 0 Å². The lowest BCUT2D eigenvalue weighted by molar-refractivity contribution is 0.475. The summed E-state index contributed by atoms with van der Waals surface area (Å²) in [5, 5.41) is 20.0. The van der Waals surface area contributed by atoms with Crippen molar-refractivity contribution in [2.24, 2.45) is 5.73 Å². The third kappa shape index (κ3) is 3.01. The highest BCUT2D eigenvalue weighted by Gasteiger charge is 2.16. The van der Waals surface area contributed by atoms with Crippen molar-refractivity contribution in [3.63, 3.8) is 0 Å². The van der Waals surface area contributed by atoms with Gasteiger partial charge in [-0.1, -0.05) is 35.4 Å². The Bertz CT molecular complexity index is 710. The number of benzene rings is 2. The van der Waals surface area contributed by atoms with Crippen molar-refractivity contribution in [2.75, 3.05) is 5.32 Å². The number of hydrogen-bond acceptors (Lipinski definition) is 6. The van der Waals surface area contributed by atoms with Crippen molar-refractivity contribution < 1.29 is 9.52 Å². The molecule has 0 aliphatic carbocycles. The van der Waals surface area contributed by atoms with E-state index in [1.807, 2.05) is 30.3 Å². The summed E-state index contributed by atoms with van der Waals surface area (Å²) in [6.07, 6.45) is 0. The molecule has 21 heavy (non-hydrogen) atoms. The van der Waals surface area contributed by atoms with Gasteiger partial charge in [-0.25, -0.2) is 0 Å². The lowest BCUT2D eigenvalue weighted by Gasteiger charge is -2.06. The molecule has 0 spiro atoms. The van der Waals surface area contributed by atoms with Gasteiger partial charge in [0.1, 0.15) is 11.8 Å². The number of rotatable bonds is 4. The van der Waals surface area contributed by atoms with Crippen LogP contribution in [0.3, 0.4) is 0 Å². The minimum absolute atomic E-state index is 0.192. The van der Waals surface area contributed by atoms with E-state index in [4.69, 9.17) is 10.2 Å². The smallest absolute Gasteiger partial charge is 0.320 e. The van der Waals surface area contributed by atoms with E-state index < -0.39 is 6.04 Å². The SMILES string of the molecule is NC(c1ccccc1)c1nnc(Nc2ccc(O)cc2)o1. The fourth-order valence-electron chi connectivity index (χ4n) is 1.88. The number of aromatic nitrogens is 2. The van der Waals surface area contributed by atoms with E-state index in [0.717, 1.165) is 11.3 Å². The monoisotopic (exact) mass is 282 g/mol. The van der Waals surface area contributed by atoms with Crippen LogP contribution in [0.25, 0.3) is 0 Å². The van der Waals surface area contributed by atoms with E-state index in [2.05, 4.69) is 15.5 Å². The van der Waals surface area contributed by atoms with Crippen LogP contribution in [0.1, 0.15) is 17.5 Å². The molecule has 1 heterocycles. The number of phenols is 1. The van der Waals surface area contributed by atoms with Crippen molar-refractivity contribution >= 4 is 11.7 Å². The first-order chi connectivity index (χ1) is 10.2. The summed E-state index contributed by atoms with van der Waals surface area (Å²) in [5.74, 6) is 0.528. The standard InChI is InChI=1S/C15H14N4O2/c16-13(10-4-2-1-3-5-10)14-18-19-15(21-14)17-11-6-8-12(20)9-7-11/h1-9,13,20H,16H2,(H,17,19). The molecule has 0 aliphatic heterocycles. The molecule has 1 aromatic heterocycles. The lowest BCUT2D eigenvalue weighted by atomic mass is 10.1. The van der Waals surface area contributed by atoms with Gasteiger partial charge in [-0.05, 0) is 29.8 Å². The average Bonchev–Trinajstić information content (AvgIpc) is 2.98. The van der Waals surface area contributed by atoms with E-state index in [1.165, 1.54) is 0 Å². The van der Waals surface area contributed by atoms with Crippen molar-refractivity contribution in [3.05, 3.63) is 66.1 Å². The van der Waals surface area contributed by atoms with Crippen molar-refractivity contribution in [1.82, 2.24) is 10.2 Å². The molecule has 106 valence electrons. The van der Waals surface area contributed by atoms with Crippen molar-refractivity contribution in [1.29, 1.82) is 0 Å². The van der Waals surface area contributed by atoms with Gasteiger partial charge in [-0.2, -0.15) is 0 Å². The Morgan fingerprint density at radius 1 is 1.00 bits per heavy atom. The van der Waals surface area contributed by atoms with E-state index in [-0.39, 0.29) is 11.8 Å². The molecule has 1 atom stereocenters. The molecule has 0 fully saturated rings.